The van der Waals surface area contributed by atoms with Crippen molar-refractivity contribution in [1.82, 2.24) is 20.0 Å². The highest BCUT2D eigenvalue weighted by Crippen LogP contribution is 2.26. The van der Waals surface area contributed by atoms with Gasteiger partial charge in [0.2, 0.25) is 0 Å². The molecule has 2 aromatic carbocycles. The first-order valence-electron chi connectivity index (χ1n) is 11.5. The molecular weight excluding hydrogens is 416 g/mol. The van der Waals surface area contributed by atoms with E-state index in [9.17, 15) is 4.79 Å². The van der Waals surface area contributed by atoms with Crippen LogP contribution in [0.15, 0.2) is 60.8 Å². The Morgan fingerprint density at radius 1 is 1.09 bits per heavy atom. The zero-order chi connectivity index (χ0) is 23.2. The van der Waals surface area contributed by atoms with Crippen molar-refractivity contribution in [2.24, 2.45) is 5.92 Å². The molecule has 33 heavy (non-hydrogen) atoms. The Kier molecular flexibility index (Phi) is 7.42. The second kappa shape index (κ2) is 10.6. The van der Waals surface area contributed by atoms with Crippen LogP contribution in [-0.4, -0.2) is 66.6 Å². The SMILES string of the molecule is COc1ccc(-c2nn(-c3ccccc3)cc2C(=O)NC[C@@H](C(C)C)N2CCOCC2)cc1. The van der Waals surface area contributed by atoms with Gasteiger partial charge < -0.3 is 14.8 Å². The maximum absolute atomic E-state index is 13.4. The molecule has 1 atom stereocenters. The average molecular weight is 449 g/mol. The minimum Gasteiger partial charge on any atom is -0.497 e. The monoisotopic (exact) mass is 448 g/mol. The molecule has 0 radical (unpaired) electrons. The standard InChI is InChI=1S/C26H32N4O3/c1-19(2)24(29-13-15-33-16-14-29)17-27-26(31)23-18-30(21-7-5-4-6-8-21)28-25(23)20-9-11-22(32-3)12-10-20/h4-12,18-19,24H,13-17H2,1-3H3,(H,27,31)/t24-/m0/s1. The fraction of sp³-hybridized carbons (Fsp3) is 0.385. The van der Waals surface area contributed by atoms with Crippen molar-refractivity contribution in [1.29, 1.82) is 0 Å². The third-order valence-corrected chi connectivity index (χ3v) is 6.10. The molecule has 1 aliphatic heterocycles. The maximum atomic E-state index is 13.4. The van der Waals surface area contributed by atoms with Gasteiger partial charge >= 0.3 is 0 Å². The lowest BCUT2D eigenvalue weighted by Gasteiger charge is -2.36. The van der Waals surface area contributed by atoms with E-state index in [1.54, 1.807) is 11.8 Å². The van der Waals surface area contributed by atoms with Gasteiger partial charge in [0, 0.05) is 37.4 Å². The summed E-state index contributed by atoms with van der Waals surface area (Å²) in [5, 5.41) is 7.94. The van der Waals surface area contributed by atoms with Gasteiger partial charge in [0.15, 0.2) is 0 Å². The van der Waals surface area contributed by atoms with E-state index in [1.807, 2.05) is 60.8 Å². The van der Waals surface area contributed by atoms with E-state index in [4.69, 9.17) is 14.6 Å². The summed E-state index contributed by atoms with van der Waals surface area (Å²) >= 11 is 0. The van der Waals surface area contributed by atoms with Gasteiger partial charge in [-0.15, -0.1) is 0 Å². The Labute approximate surface area is 195 Å². The first-order chi connectivity index (χ1) is 16.1. The molecule has 1 N–H and O–H groups in total. The van der Waals surface area contributed by atoms with Crippen LogP contribution in [0.2, 0.25) is 0 Å². The van der Waals surface area contributed by atoms with E-state index >= 15 is 0 Å². The van der Waals surface area contributed by atoms with Crippen LogP contribution < -0.4 is 10.1 Å². The molecule has 1 fully saturated rings. The minimum absolute atomic E-state index is 0.123. The molecule has 7 heteroatoms. The van der Waals surface area contributed by atoms with Crippen LogP contribution in [0.25, 0.3) is 16.9 Å². The highest BCUT2D eigenvalue weighted by molar-refractivity contribution is 6.00. The van der Waals surface area contributed by atoms with Gasteiger partial charge in [-0.1, -0.05) is 32.0 Å². The number of amides is 1. The molecule has 0 unspecified atom stereocenters. The van der Waals surface area contributed by atoms with Crippen LogP contribution in [0, 0.1) is 5.92 Å². The third kappa shape index (κ3) is 5.43. The van der Waals surface area contributed by atoms with Crippen molar-refractivity contribution >= 4 is 5.91 Å². The number of rotatable bonds is 8. The first kappa shape index (κ1) is 23.0. The van der Waals surface area contributed by atoms with Crippen LogP contribution in [0.5, 0.6) is 5.75 Å². The second-order valence-corrected chi connectivity index (χ2v) is 8.57. The maximum Gasteiger partial charge on any atom is 0.255 e. The van der Waals surface area contributed by atoms with Crippen LogP contribution >= 0.6 is 0 Å². The molecule has 3 aromatic rings. The zero-order valence-corrected chi connectivity index (χ0v) is 19.5. The lowest BCUT2D eigenvalue weighted by atomic mass is 10.0. The predicted octanol–water partition coefficient (Wildman–Crippen LogP) is 3.63. The molecule has 7 nitrogen and oxygen atoms in total. The van der Waals surface area contributed by atoms with Crippen LogP contribution in [0.4, 0.5) is 0 Å². The average Bonchev–Trinajstić information content (AvgIpc) is 3.31. The Hall–Kier alpha value is -3.16. The Balaban J connectivity index is 1.60. The fourth-order valence-corrected chi connectivity index (χ4v) is 4.20. The van der Waals surface area contributed by atoms with E-state index < -0.39 is 0 Å². The molecule has 174 valence electrons. The molecule has 0 aliphatic carbocycles. The summed E-state index contributed by atoms with van der Waals surface area (Å²) in [5.74, 6) is 1.05. The molecular formula is C26H32N4O3. The molecule has 0 spiro atoms. The topological polar surface area (TPSA) is 68.6 Å². The van der Waals surface area contributed by atoms with Crippen molar-refractivity contribution < 1.29 is 14.3 Å². The van der Waals surface area contributed by atoms with Gasteiger partial charge in [-0.05, 0) is 42.3 Å². The fourth-order valence-electron chi connectivity index (χ4n) is 4.20. The number of ether oxygens (including phenoxy) is 2. The first-order valence-corrected chi connectivity index (χ1v) is 11.5. The summed E-state index contributed by atoms with van der Waals surface area (Å²) < 4.78 is 12.5. The van der Waals surface area contributed by atoms with E-state index in [1.165, 1.54) is 0 Å². The van der Waals surface area contributed by atoms with Crippen molar-refractivity contribution in [3.63, 3.8) is 0 Å². The van der Waals surface area contributed by atoms with Crippen LogP contribution in [-0.2, 0) is 4.74 Å². The molecule has 1 saturated heterocycles. The number of hydrogen-bond acceptors (Lipinski definition) is 5. The highest BCUT2D eigenvalue weighted by atomic mass is 16.5. The smallest absolute Gasteiger partial charge is 0.255 e. The van der Waals surface area contributed by atoms with Crippen LogP contribution in [0.1, 0.15) is 24.2 Å². The normalized spacial score (nSPS) is 15.4. The van der Waals surface area contributed by atoms with Crippen molar-refractivity contribution in [3.05, 3.63) is 66.4 Å². The Bertz CT molecular complexity index is 1040. The summed E-state index contributed by atoms with van der Waals surface area (Å²) in [6.45, 7) is 8.23. The number of benzene rings is 2. The van der Waals surface area contributed by atoms with Gasteiger partial charge in [0.25, 0.3) is 5.91 Å². The number of hydrogen-bond donors (Lipinski definition) is 1. The lowest BCUT2D eigenvalue weighted by molar-refractivity contribution is 0.00673. The lowest BCUT2D eigenvalue weighted by Crippen LogP contribution is -2.51. The van der Waals surface area contributed by atoms with E-state index in [2.05, 4.69) is 24.1 Å². The number of carbonyl (C=O) groups excluding carboxylic acids is 1. The molecule has 1 amide bonds. The summed E-state index contributed by atoms with van der Waals surface area (Å²) in [6.07, 6.45) is 1.81. The number of nitrogens with one attached hydrogen (secondary N) is 1. The summed E-state index contributed by atoms with van der Waals surface area (Å²) in [7, 11) is 1.64. The Morgan fingerprint density at radius 3 is 2.42 bits per heavy atom. The summed E-state index contributed by atoms with van der Waals surface area (Å²) in [5.41, 5.74) is 2.96. The minimum atomic E-state index is -0.123. The molecule has 1 aromatic heterocycles. The van der Waals surface area contributed by atoms with E-state index in [-0.39, 0.29) is 11.9 Å². The van der Waals surface area contributed by atoms with Crippen molar-refractivity contribution in [2.75, 3.05) is 40.0 Å². The third-order valence-electron chi connectivity index (χ3n) is 6.10. The zero-order valence-electron chi connectivity index (χ0n) is 19.5. The van der Waals surface area contributed by atoms with Gasteiger partial charge in [-0.2, -0.15) is 5.10 Å². The molecule has 2 heterocycles. The van der Waals surface area contributed by atoms with Gasteiger partial charge in [-0.3, -0.25) is 9.69 Å². The highest BCUT2D eigenvalue weighted by Gasteiger charge is 2.26. The molecule has 0 saturated carbocycles. The Morgan fingerprint density at radius 2 is 1.79 bits per heavy atom. The van der Waals surface area contributed by atoms with E-state index in [0.29, 0.717) is 23.7 Å². The second-order valence-electron chi connectivity index (χ2n) is 8.57. The van der Waals surface area contributed by atoms with E-state index in [0.717, 1.165) is 43.3 Å². The van der Waals surface area contributed by atoms with Gasteiger partial charge in [-0.25, -0.2) is 4.68 Å². The number of aromatic nitrogens is 2. The molecule has 0 bridgehead atoms. The number of nitrogens with zero attached hydrogens (tertiary/aromatic N) is 3. The number of carbonyl (C=O) groups is 1. The number of morpholine rings is 1. The predicted molar refractivity (Wildman–Crippen MR) is 129 cm³/mol. The summed E-state index contributed by atoms with van der Waals surface area (Å²) in [4.78, 5) is 15.8. The number of methoxy groups -OCH3 is 1. The van der Waals surface area contributed by atoms with Gasteiger partial charge in [0.1, 0.15) is 11.4 Å². The van der Waals surface area contributed by atoms with Gasteiger partial charge in [0.05, 0.1) is 31.6 Å². The number of para-hydroxylation sites is 1. The van der Waals surface area contributed by atoms with Crippen LogP contribution in [0.3, 0.4) is 0 Å². The largest absolute Gasteiger partial charge is 0.497 e. The quantitative estimate of drug-likeness (QED) is 0.570. The molecule has 4 rings (SSSR count). The van der Waals surface area contributed by atoms with Crippen molar-refractivity contribution in [2.45, 2.75) is 19.9 Å². The molecule has 1 aliphatic rings. The van der Waals surface area contributed by atoms with Crippen molar-refractivity contribution in [3.8, 4) is 22.7 Å². The summed E-state index contributed by atoms with van der Waals surface area (Å²) in [6, 6.07) is 17.7.